The Labute approximate surface area is 304 Å². The SMILES string of the molecule is CC(C)C1=C2C3CCC4[C@@]5(C)CC[C@H](OC(=O)CC(C)(C)C(=O)O)C(C)(C)C5CC[C@@]4(C)[C@]3(C)CCC2(NC(=O)NCc2ccnn2C)CC1=O. The molecule has 3 N–H and O–H groups in total. The fourth-order valence-electron chi connectivity index (χ4n) is 12.6. The number of carbonyl (C=O) groups excluding carboxylic acids is 3. The number of carboxylic acid groups (broad SMARTS) is 1. The number of urea groups is 1. The van der Waals surface area contributed by atoms with E-state index in [9.17, 15) is 24.3 Å². The predicted molar refractivity (Wildman–Crippen MR) is 194 cm³/mol. The van der Waals surface area contributed by atoms with E-state index in [1.54, 1.807) is 24.7 Å². The second-order valence-electron chi connectivity index (χ2n) is 19.2. The summed E-state index contributed by atoms with van der Waals surface area (Å²) in [6.45, 7) is 19.8. The molecule has 282 valence electrons. The van der Waals surface area contributed by atoms with Crippen LogP contribution < -0.4 is 10.6 Å². The molecule has 10 heteroatoms. The van der Waals surface area contributed by atoms with Gasteiger partial charge in [0.2, 0.25) is 0 Å². The minimum absolute atomic E-state index is 0.0287. The van der Waals surface area contributed by atoms with E-state index in [1.165, 1.54) is 5.57 Å². The van der Waals surface area contributed by atoms with Gasteiger partial charge in [0, 0.05) is 25.1 Å². The van der Waals surface area contributed by atoms with Gasteiger partial charge in [-0.05, 0) is 122 Å². The lowest BCUT2D eigenvalue weighted by Gasteiger charge is -2.72. The summed E-state index contributed by atoms with van der Waals surface area (Å²) in [4.78, 5) is 52.3. The number of aryl methyl sites for hydroxylation is 1. The van der Waals surface area contributed by atoms with E-state index >= 15 is 0 Å². The molecule has 5 aliphatic rings. The largest absolute Gasteiger partial charge is 0.481 e. The monoisotopic (exact) mass is 706 g/mol. The molecular formula is C41H62N4O6. The molecule has 0 radical (unpaired) electrons. The molecule has 4 fully saturated rings. The number of fused-ring (bicyclic) bond motifs is 7. The second-order valence-corrected chi connectivity index (χ2v) is 19.2. The molecule has 0 bridgehead atoms. The first-order valence-corrected chi connectivity index (χ1v) is 19.4. The van der Waals surface area contributed by atoms with Crippen LogP contribution >= 0.6 is 0 Å². The molecule has 5 aliphatic carbocycles. The third kappa shape index (κ3) is 5.76. The number of rotatable bonds is 8. The topological polar surface area (TPSA) is 140 Å². The van der Waals surface area contributed by atoms with Crippen molar-refractivity contribution in [2.24, 2.45) is 57.8 Å². The zero-order valence-electron chi connectivity index (χ0n) is 32.7. The van der Waals surface area contributed by atoms with E-state index in [0.717, 1.165) is 62.6 Å². The highest BCUT2D eigenvalue weighted by Gasteiger charge is 2.70. The maximum atomic E-state index is 13.9. The number of amides is 2. The van der Waals surface area contributed by atoms with Crippen LogP contribution in [0.1, 0.15) is 132 Å². The van der Waals surface area contributed by atoms with Crippen molar-refractivity contribution in [3.05, 3.63) is 29.1 Å². The van der Waals surface area contributed by atoms with Crippen molar-refractivity contribution in [3.63, 3.8) is 0 Å². The van der Waals surface area contributed by atoms with Crippen LogP contribution in [0.4, 0.5) is 4.79 Å². The Balaban J connectivity index is 1.26. The number of aliphatic carboxylic acids is 1. The number of nitrogens with zero attached hydrogens (tertiary/aromatic N) is 2. The Morgan fingerprint density at radius 1 is 1.00 bits per heavy atom. The number of hydrogen-bond donors (Lipinski definition) is 3. The number of Topliss-reactive ketones (excluding diaryl/α,β-unsaturated/α-hetero) is 1. The van der Waals surface area contributed by atoms with E-state index in [4.69, 9.17) is 4.74 Å². The summed E-state index contributed by atoms with van der Waals surface area (Å²) in [6.07, 6.45) is 9.21. The molecule has 0 aromatic carbocycles. The van der Waals surface area contributed by atoms with Crippen molar-refractivity contribution < 1.29 is 29.0 Å². The lowest BCUT2D eigenvalue weighted by molar-refractivity contribution is -0.232. The Morgan fingerprint density at radius 3 is 2.33 bits per heavy atom. The summed E-state index contributed by atoms with van der Waals surface area (Å²) in [5.74, 6) is -0.137. The molecule has 51 heavy (non-hydrogen) atoms. The average molecular weight is 707 g/mol. The minimum Gasteiger partial charge on any atom is -0.481 e. The van der Waals surface area contributed by atoms with Crippen LogP contribution in [-0.2, 0) is 32.7 Å². The fourth-order valence-corrected chi connectivity index (χ4v) is 12.6. The van der Waals surface area contributed by atoms with Gasteiger partial charge in [0.25, 0.3) is 0 Å². The number of hydrogen-bond acceptors (Lipinski definition) is 6. The first-order valence-electron chi connectivity index (χ1n) is 19.4. The van der Waals surface area contributed by atoms with Crippen LogP contribution in [-0.4, -0.2) is 50.3 Å². The van der Waals surface area contributed by atoms with Crippen molar-refractivity contribution in [2.45, 2.75) is 145 Å². The van der Waals surface area contributed by atoms with E-state index < -0.39 is 22.9 Å². The standard InChI is InChI=1S/C41H62N4O6/c1-24(2)32-27(46)21-41(44-35(50)42-23-25-15-20-43-45(25)10)19-18-39(8)26(33(32)41)11-12-29-38(7)16-14-30(51-31(47)22-36(3,4)34(48)49)37(5,6)28(38)13-17-40(29,39)9/h15,20,24,26,28-30H,11-14,16-19,21-23H2,1-10H3,(H,48,49)(H2,42,44,50)/t26?,28?,29?,30-,38-,39+,40+,41?/m0/s1. The number of carboxylic acids is 1. The molecule has 0 aliphatic heterocycles. The third-order valence-electron chi connectivity index (χ3n) is 15.5. The Hall–Kier alpha value is -3.17. The van der Waals surface area contributed by atoms with Gasteiger partial charge in [-0.2, -0.15) is 5.10 Å². The summed E-state index contributed by atoms with van der Waals surface area (Å²) >= 11 is 0. The smallest absolute Gasteiger partial charge is 0.315 e. The first kappa shape index (κ1) is 37.6. The Kier molecular flexibility index (Phi) is 9.19. The molecule has 8 atom stereocenters. The third-order valence-corrected chi connectivity index (χ3v) is 15.5. The van der Waals surface area contributed by atoms with Gasteiger partial charge in [0.15, 0.2) is 5.78 Å². The molecule has 1 heterocycles. The van der Waals surface area contributed by atoms with Crippen LogP contribution in [0.15, 0.2) is 23.4 Å². The van der Waals surface area contributed by atoms with Crippen molar-refractivity contribution in [1.82, 2.24) is 20.4 Å². The minimum atomic E-state index is -1.17. The van der Waals surface area contributed by atoms with Crippen LogP contribution in [0.25, 0.3) is 0 Å². The lowest BCUT2D eigenvalue weighted by atomic mass is 9.33. The molecule has 2 amide bonds. The maximum Gasteiger partial charge on any atom is 0.315 e. The highest BCUT2D eigenvalue weighted by molar-refractivity contribution is 6.02. The normalized spacial score (nSPS) is 37.2. The molecule has 4 saturated carbocycles. The molecule has 1 aromatic heterocycles. The quantitative estimate of drug-likeness (QED) is 0.240. The average Bonchev–Trinajstić information content (AvgIpc) is 3.56. The van der Waals surface area contributed by atoms with E-state index in [2.05, 4.69) is 64.2 Å². The molecule has 10 nitrogen and oxygen atoms in total. The van der Waals surface area contributed by atoms with Crippen LogP contribution in [0, 0.1) is 50.7 Å². The number of aromatic nitrogens is 2. The summed E-state index contributed by atoms with van der Waals surface area (Å²) in [5.41, 5.74) is 0.998. The number of carbonyl (C=O) groups is 4. The van der Waals surface area contributed by atoms with Gasteiger partial charge in [-0.25, -0.2) is 4.79 Å². The van der Waals surface area contributed by atoms with Crippen molar-refractivity contribution in [3.8, 4) is 0 Å². The van der Waals surface area contributed by atoms with Crippen LogP contribution in [0.2, 0.25) is 0 Å². The molecule has 1 aromatic rings. The van der Waals surface area contributed by atoms with Gasteiger partial charge in [-0.1, -0.05) is 48.5 Å². The predicted octanol–water partition coefficient (Wildman–Crippen LogP) is 7.37. The number of nitrogens with one attached hydrogen (secondary N) is 2. The van der Waals surface area contributed by atoms with E-state index in [0.29, 0.717) is 24.8 Å². The van der Waals surface area contributed by atoms with E-state index in [1.807, 2.05) is 13.1 Å². The van der Waals surface area contributed by atoms with Gasteiger partial charge in [-0.15, -0.1) is 0 Å². The van der Waals surface area contributed by atoms with Gasteiger partial charge in [0.05, 0.1) is 29.6 Å². The second kappa shape index (κ2) is 12.5. The van der Waals surface area contributed by atoms with Gasteiger partial charge < -0.3 is 20.5 Å². The zero-order chi connectivity index (χ0) is 37.5. The van der Waals surface area contributed by atoms with Crippen molar-refractivity contribution in [1.29, 1.82) is 0 Å². The van der Waals surface area contributed by atoms with E-state index in [-0.39, 0.29) is 57.8 Å². The number of ketones is 1. The molecule has 6 rings (SSSR count). The maximum absolute atomic E-state index is 13.9. The molecule has 4 unspecified atom stereocenters. The zero-order valence-corrected chi connectivity index (χ0v) is 32.7. The van der Waals surface area contributed by atoms with Gasteiger partial charge in [0.1, 0.15) is 6.10 Å². The Bertz CT molecular complexity index is 1640. The molecular weight excluding hydrogens is 644 g/mol. The highest BCUT2D eigenvalue weighted by Crippen LogP contribution is 2.76. The first-order chi connectivity index (χ1) is 23.6. The van der Waals surface area contributed by atoms with Crippen molar-refractivity contribution in [2.75, 3.05) is 0 Å². The van der Waals surface area contributed by atoms with Crippen LogP contribution in [0.3, 0.4) is 0 Å². The lowest BCUT2D eigenvalue weighted by Crippen LogP contribution is -2.67. The fraction of sp³-hybridized carbons (Fsp3) is 0.780. The summed E-state index contributed by atoms with van der Waals surface area (Å²) in [5, 5.41) is 20.3. The van der Waals surface area contributed by atoms with Crippen LogP contribution in [0.5, 0.6) is 0 Å². The highest BCUT2D eigenvalue weighted by atomic mass is 16.5. The van der Waals surface area contributed by atoms with Gasteiger partial charge in [-0.3, -0.25) is 19.1 Å². The van der Waals surface area contributed by atoms with Crippen molar-refractivity contribution >= 4 is 23.8 Å². The Morgan fingerprint density at radius 2 is 1.71 bits per heavy atom. The number of esters is 1. The number of ether oxygens (including phenoxy) is 1. The summed E-state index contributed by atoms with van der Waals surface area (Å²) < 4.78 is 7.90. The molecule has 0 spiro atoms. The van der Waals surface area contributed by atoms with Gasteiger partial charge >= 0.3 is 18.0 Å². The summed E-state index contributed by atoms with van der Waals surface area (Å²) in [6, 6.07) is 1.65. The molecule has 0 saturated heterocycles. The summed E-state index contributed by atoms with van der Waals surface area (Å²) in [7, 11) is 1.86. The number of allylic oxidation sites excluding steroid dienone is 1.